The topological polar surface area (TPSA) is 98.5 Å². The summed E-state index contributed by atoms with van der Waals surface area (Å²) < 4.78 is 5.24. The molecule has 0 radical (unpaired) electrons. The van der Waals surface area contributed by atoms with Gasteiger partial charge in [0.2, 0.25) is 5.91 Å². The largest absolute Gasteiger partial charge is 0.466 e. The van der Waals surface area contributed by atoms with Crippen molar-refractivity contribution in [1.29, 1.82) is 0 Å². The summed E-state index contributed by atoms with van der Waals surface area (Å²) in [6.07, 6.45) is 6.31. The van der Waals surface area contributed by atoms with Gasteiger partial charge in [0.15, 0.2) is 0 Å². The summed E-state index contributed by atoms with van der Waals surface area (Å²) in [7, 11) is 0. The van der Waals surface area contributed by atoms with Crippen LogP contribution in [0, 0.1) is 0 Å². The van der Waals surface area contributed by atoms with Crippen LogP contribution in [0.15, 0.2) is 30.3 Å². The van der Waals surface area contributed by atoms with E-state index in [1.165, 1.54) is 16.9 Å². The summed E-state index contributed by atoms with van der Waals surface area (Å²) in [4.78, 5) is 37.2. The number of benzene rings is 1. The molecule has 0 atom stereocenters. The fourth-order valence-electron chi connectivity index (χ4n) is 3.68. The molecule has 2 aromatic rings. The molecule has 6 nitrogen and oxygen atoms in total. The first-order valence-electron chi connectivity index (χ1n) is 10.5. The summed E-state index contributed by atoms with van der Waals surface area (Å²) in [6, 6.07) is 10.1. The lowest BCUT2D eigenvalue weighted by Crippen LogP contribution is -2.18. The number of fused-ring (bicyclic) bond motifs is 1. The lowest BCUT2D eigenvalue weighted by molar-refractivity contribution is -0.143. The zero-order valence-electron chi connectivity index (χ0n) is 17.1. The highest BCUT2D eigenvalue weighted by Crippen LogP contribution is 2.37. The summed E-state index contributed by atoms with van der Waals surface area (Å²) in [5, 5.41) is 3.36. The van der Waals surface area contributed by atoms with Crippen LogP contribution in [-0.4, -0.2) is 24.4 Å². The molecule has 0 spiro atoms. The van der Waals surface area contributed by atoms with Crippen molar-refractivity contribution in [2.24, 2.45) is 5.73 Å². The minimum atomic E-state index is -0.496. The van der Waals surface area contributed by atoms with Gasteiger partial charge in [-0.25, -0.2) is 0 Å². The molecule has 3 N–H and O–H groups in total. The second-order valence-electron chi connectivity index (χ2n) is 7.49. The van der Waals surface area contributed by atoms with Crippen molar-refractivity contribution in [2.45, 2.75) is 57.8 Å². The number of nitrogens with one attached hydrogen (secondary N) is 1. The van der Waals surface area contributed by atoms with Gasteiger partial charge in [-0.1, -0.05) is 30.3 Å². The number of primary amides is 1. The Morgan fingerprint density at radius 2 is 1.80 bits per heavy atom. The first-order chi connectivity index (χ1) is 14.5. The van der Waals surface area contributed by atoms with Gasteiger partial charge in [0.25, 0.3) is 5.91 Å². The number of hydrogen-bond donors (Lipinski definition) is 2. The van der Waals surface area contributed by atoms with Gasteiger partial charge in [-0.05, 0) is 56.1 Å². The zero-order valence-corrected chi connectivity index (χ0v) is 17.9. The zero-order chi connectivity index (χ0) is 21.3. The molecule has 0 fully saturated rings. The van der Waals surface area contributed by atoms with Gasteiger partial charge in [-0.2, -0.15) is 0 Å². The second kappa shape index (κ2) is 10.9. The third-order valence-corrected chi connectivity index (χ3v) is 6.38. The molecular formula is C23H28N2O4S. The van der Waals surface area contributed by atoms with E-state index in [0.29, 0.717) is 23.6 Å². The Hall–Kier alpha value is -2.67. The van der Waals surface area contributed by atoms with Crippen molar-refractivity contribution in [2.75, 3.05) is 11.9 Å². The summed E-state index contributed by atoms with van der Waals surface area (Å²) >= 11 is 1.45. The maximum atomic E-state index is 12.3. The Bertz CT molecular complexity index is 892. The predicted octanol–water partition coefficient (Wildman–Crippen LogP) is 4.01. The quantitative estimate of drug-likeness (QED) is 0.441. The molecule has 0 bridgehead atoms. The molecule has 0 saturated carbocycles. The van der Waals surface area contributed by atoms with Gasteiger partial charge in [0.05, 0.1) is 12.2 Å². The number of hydrogen-bond acceptors (Lipinski definition) is 5. The Balaban J connectivity index is 1.37. The summed E-state index contributed by atoms with van der Waals surface area (Å²) in [5.74, 6) is -1.00. The number of aryl methyl sites for hydroxylation is 2. The molecule has 1 heterocycles. The molecule has 3 rings (SSSR count). The van der Waals surface area contributed by atoms with E-state index in [1.54, 1.807) is 0 Å². The smallest absolute Gasteiger partial charge is 0.305 e. The maximum absolute atomic E-state index is 12.3. The van der Waals surface area contributed by atoms with E-state index < -0.39 is 5.91 Å². The van der Waals surface area contributed by atoms with Crippen molar-refractivity contribution in [1.82, 2.24) is 0 Å². The van der Waals surface area contributed by atoms with E-state index in [1.807, 2.05) is 30.3 Å². The van der Waals surface area contributed by atoms with Crippen LogP contribution in [0.5, 0.6) is 0 Å². The maximum Gasteiger partial charge on any atom is 0.305 e. The molecule has 0 saturated heterocycles. The number of thiophene rings is 1. The third-order valence-electron chi connectivity index (χ3n) is 5.17. The van der Waals surface area contributed by atoms with Gasteiger partial charge >= 0.3 is 5.97 Å². The molecule has 7 heteroatoms. The van der Waals surface area contributed by atoms with E-state index >= 15 is 0 Å². The standard InChI is InChI=1S/C23H28N2O4S/c24-22(28)21-17-11-4-5-12-18(17)30-23(21)25-19(26)13-6-14-20(27)29-15-7-10-16-8-2-1-3-9-16/h1-3,8-9H,4-7,10-15H2,(H2,24,28)(H,25,26). The van der Waals surface area contributed by atoms with E-state index in [2.05, 4.69) is 5.32 Å². The van der Waals surface area contributed by atoms with Gasteiger partial charge in [0.1, 0.15) is 5.00 Å². The lowest BCUT2D eigenvalue weighted by atomic mass is 9.95. The van der Waals surface area contributed by atoms with E-state index in [0.717, 1.165) is 49.0 Å². The van der Waals surface area contributed by atoms with Gasteiger partial charge in [-0.3, -0.25) is 14.4 Å². The van der Waals surface area contributed by atoms with Crippen molar-refractivity contribution in [3.63, 3.8) is 0 Å². The molecule has 160 valence electrons. The van der Waals surface area contributed by atoms with Crippen molar-refractivity contribution in [3.05, 3.63) is 51.9 Å². The molecule has 1 aromatic carbocycles. The van der Waals surface area contributed by atoms with Gasteiger partial charge < -0.3 is 15.8 Å². The van der Waals surface area contributed by atoms with Crippen molar-refractivity contribution >= 4 is 34.1 Å². The second-order valence-corrected chi connectivity index (χ2v) is 8.60. The predicted molar refractivity (Wildman–Crippen MR) is 118 cm³/mol. The van der Waals surface area contributed by atoms with Crippen LogP contribution >= 0.6 is 11.3 Å². The Labute approximate surface area is 180 Å². The number of anilines is 1. The first-order valence-corrected chi connectivity index (χ1v) is 11.3. The Morgan fingerprint density at radius 3 is 2.57 bits per heavy atom. The molecular weight excluding hydrogens is 400 g/mol. The normalized spacial score (nSPS) is 12.8. The number of amides is 2. The van der Waals surface area contributed by atoms with Crippen molar-refractivity contribution < 1.29 is 19.1 Å². The average molecular weight is 429 g/mol. The van der Waals surface area contributed by atoms with Crippen LogP contribution in [-0.2, 0) is 33.6 Å². The lowest BCUT2D eigenvalue weighted by Gasteiger charge is -2.11. The third kappa shape index (κ3) is 6.16. The van der Waals surface area contributed by atoms with Crippen LogP contribution < -0.4 is 11.1 Å². The highest BCUT2D eigenvalue weighted by molar-refractivity contribution is 7.17. The van der Waals surface area contributed by atoms with Crippen molar-refractivity contribution in [3.8, 4) is 0 Å². The fraction of sp³-hybridized carbons (Fsp3) is 0.435. The summed E-state index contributed by atoms with van der Waals surface area (Å²) in [5.41, 5.74) is 8.22. The highest BCUT2D eigenvalue weighted by atomic mass is 32.1. The molecule has 1 aromatic heterocycles. The first kappa shape index (κ1) is 22.0. The van der Waals surface area contributed by atoms with E-state index in [9.17, 15) is 14.4 Å². The monoisotopic (exact) mass is 428 g/mol. The minimum Gasteiger partial charge on any atom is -0.466 e. The van der Waals surface area contributed by atoms with Gasteiger partial charge in [-0.15, -0.1) is 11.3 Å². The van der Waals surface area contributed by atoms with Crippen LogP contribution in [0.1, 0.15) is 64.9 Å². The number of nitrogens with two attached hydrogens (primary N) is 1. The molecule has 1 aliphatic carbocycles. The minimum absolute atomic E-state index is 0.194. The van der Waals surface area contributed by atoms with Crippen LogP contribution in [0.25, 0.3) is 0 Å². The average Bonchev–Trinajstić information content (AvgIpc) is 3.10. The number of carbonyl (C=O) groups is 3. The Kier molecular flexibility index (Phi) is 8.02. The number of ether oxygens (including phenoxy) is 1. The van der Waals surface area contributed by atoms with Gasteiger partial charge in [0, 0.05) is 17.7 Å². The molecule has 0 unspecified atom stereocenters. The van der Waals surface area contributed by atoms with Crippen LogP contribution in [0.3, 0.4) is 0 Å². The molecule has 30 heavy (non-hydrogen) atoms. The molecule has 0 aliphatic heterocycles. The summed E-state index contributed by atoms with van der Waals surface area (Å²) in [6.45, 7) is 0.378. The molecule has 1 aliphatic rings. The SMILES string of the molecule is NC(=O)c1c(NC(=O)CCCC(=O)OCCCc2ccccc2)sc2c1CCCC2. The van der Waals surface area contributed by atoms with E-state index in [4.69, 9.17) is 10.5 Å². The fourth-order valence-corrected chi connectivity index (χ4v) is 4.99. The molecule has 2 amide bonds. The van der Waals surface area contributed by atoms with Crippen LogP contribution in [0.2, 0.25) is 0 Å². The highest BCUT2D eigenvalue weighted by Gasteiger charge is 2.24. The Morgan fingerprint density at radius 1 is 1.03 bits per heavy atom. The number of rotatable bonds is 10. The number of esters is 1. The van der Waals surface area contributed by atoms with Crippen LogP contribution in [0.4, 0.5) is 5.00 Å². The van der Waals surface area contributed by atoms with E-state index in [-0.39, 0.29) is 24.7 Å². The number of carbonyl (C=O) groups excluding carboxylic acids is 3.